The molecule has 0 saturated carbocycles. The molecule has 0 aliphatic heterocycles. The van der Waals surface area contributed by atoms with Crippen LogP contribution in [0.3, 0.4) is 0 Å². The van der Waals surface area contributed by atoms with Gasteiger partial charge >= 0.3 is 5.97 Å². The minimum Gasteiger partial charge on any atom is -0.455 e. The normalized spacial score (nSPS) is 10.4. The average Bonchev–Trinajstić information content (AvgIpc) is 2.57. The standard InChI is InChI=1S/C18H26N2O4S/c1-4-14(5-2)19-16(21)10-24-18(23)12-25-11-17(22)20-15-8-6-7-13(3)9-15/h6-9,14H,4-5,10-12H2,1-3H3,(H,19,21)(H,20,22). The topological polar surface area (TPSA) is 84.5 Å². The van der Waals surface area contributed by atoms with E-state index in [0.29, 0.717) is 0 Å². The van der Waals surface area contributed by atoms with Crippen molar-refractivity contribution in [3.8, 4) is 0 Å². The van der Waals surface area contributed by atoms with Crippen LogP contribution in [0.2, 0.25) is 0 Å². The van der Waals surface area contributed by atoms with Crippen LogP contribution in [-0.4, -0.2) is 41.9 Å². The first-order valence-electron chi connectivity index (χ1n) is 8.33. The number of ether oxygens (including phenoxy) is 1. The number of esters is 1. The largest absolute Gasteiger partial charge is 0.455 e. The Labute approximate surface area is 153 Å². The molecular formula is C18H26N2O4S. The van der Waals surface area contributed by atoms with Gasteiger partial charge in [0.1, 0.15) is 0 Å². The smallest absolute Gasteiger partial charge is 0.316 e. The van der Waals surface area contributed by atoms with Gasteiger partial charge in [0.25, 0.3) is 5.91 Å². The molecule has 0 aliphatic rings. The van der Waals surface area contributed by atoms with Crippen molar-refractivity contribution in [1.82, 2.24) is 5.32 Å². The molecular weight excluding hydrogens is 340 g/mol. The van der Waals surface area contributed by atoms with Crippen molar-refractivity contribution in [1.29, 1.82) is 0 Å². The van der Waals surface area contributed by atoms with Crippen LogP contribution in [0.1, 0.15) is 32.3 Å². The van der Waals surface area contributed by atoms with Gasteiger partial charge in [-0.05, 0) is 37.5 Å². The molecule has 138 valence electrons. The van der Waals surface area contributed by atoms with Crippen molar-refractivity contribution >= 4 is 35.2 Å². The van der Waals surface area contributed by atoms with E-state index in [4.69, 9.17) is 4.74 Å². The molecule has 0 heterocycles. The molecule has 0 bridgehead atoms. The highest BCUT2D eigenvalue weighted by atomic mass is 32.2. The van der Waals surface area contributed by atoms with Crippen LogP contribution in [0.4, 0.5) is 5.69 Å². The first-order chi connectivity index (χ1) is 11.9. The monoisotopic (exact) mass is 366 g/mol. The highest BCUT2D eigenvalue weighted by Gasteiger charge is 2.12. The summed E-state index contributed by atoms with van der Waals surface area (Å²) in [5.41, 5.74) is 1.78. The maximum absolute atomic E-state index is 11.8. The number of hydrogen-bond donors (Lipinski definition) is 2. The molecule has 0 radical (unpaired) electrons. The SMILES string of the molecule is CCC(CC)NC(=O)COC(=O)CSCC(=O)Nc1cccc(C)c1. The molecule has 1 aromatic rings. The second kappa shape index (κ2) is 11.5. The van der Waals surface area contributed by atoms with E-state index in [9.17, 15) is 14.4 Å². The summed E-state index contributed by atoms with van der Waals surface area (Å²) in [5, 5.41) is 5.56. The van der Waals surface area contributed by atoms with E-state index in [-0.39, 0.29) is 36.0 Å². The second-order valence-electron chi connectivity index (χ2n) is 5.65. The lowest BCUT2D eigenvalue weighted by molar-refractivity contribution is -0.146. The summed E-state index contributed by atoms with van der Waals surface area (Å²) in [7, 11) is 0. The first kappa shape index (κ1) is 21.0. The summed E-state index contributed by atoms with van der Waals surface area (Å²) in [6.07, 6.45) is 1.67. The number of rotatable bonds is 10. The number of anilines is 1. The highest BCUT2D eigenvalue weighted by molar-refractivity contribution is 8.00. The minimum atomic E-state index is -0.506. The van der Waals surface area contributed by atoms with E-state index < -0.39 is 5.97 Å². The molecule has 0 unspecified atom stereocenters. The molecule has 0 fully saturated rings. The summed E-state index contributed by atoms with van der Waals surface area (Å²) in [4.78, 5) is 35.0. The third-order valence-corrected chi connectivity index (χ3v) is 4.38. The highest BCUT2D eigenvalue weighted by Crippen LogP contribution is 2.10. The Bertz CT molecular complexity index is 588. The summed E-state index contributed by atoms with van der Waals surface area (Å²) in [6.45, 7) is 5.63. The van der Waals surface area contributed by atoms with Crippen LogP contribution in [0.15, 0.2) is 24.3 Å². The molecule has 1 rings (SSSR count). The molecule has 6 nitrogen and oxygen atoms in total. The van der Waals surface area contributed by atoms with Crippen LogP contribution < -0.4 is 10.6 Å². The number of nitrogens with one attached hydrogen (secondary N) is 2. The molecule has 7 heteroatoms. The molecule has 0 aliphatic carbocycles. The summed E-state index contributed by atoms with van der Waals surface area (Å²) >= 11 is 1.15. The Balaban J connectivity index is 2.19. The Hall–Kier alpha value is -2.02. The van der Waals surface area contributed by atoms with Gasteiger partial charge in [-0.2, -0.15) is 0 Å². The lowest BCUT2D eigenvalue weighted by Crippen LogP contribution is -2.37. The third-order valence-electron chi connectivity index (χ3n) is 3.47. The van der Waals surface area contributed by atoms with Crippen LogP contribution in [0.25, 0.3) is 0 Å². The average molecular weight is 366 g/mol. The summed E-state index contributed by atoms with van der Waals surface area (Å²) in [6, 6.07) is 7.59. The number of aryl methyl sites for hydroxylation is 1. The van der Waals surface area contributed by atoms with Gasteiger partial charge in [0, 0.05) is 11.7 Å². The van der Waals surface area contributed by atoms with Crippen molar-refractivity contribution in [3.63, 3.8) is 0 Å². The van der Waals surface area contributed by atoms with E-state index in [1.54, 1.807) is 0 Å². The minimum absolute atomic E-state index is 0.0273. The van der Waals surface area contributed by atoms with E-state index in [2.05, 4.69) is 10.6 Å². The van der Waals surface area contributed by atoms with E-state index in [0.717, 1.165) is 35.9 Å². The zero-order valence-electron chi connectivity index (χ0n) is 15.0. The van der Waals surface area contributed by atoms with E-state index in [1.807, 2.05) is 45.0 Å². The lowest BCUT2D eigenvalue weighted by atomic mass is 10.2. The van der Waals surface area contributed by atoms with Crippen LogP contribution in [-0.2, 0) is 19.1 Å². The number of hydrogen-bond acceptors (Lipinski definition) is 5. The maximum Gasteiger partial charge on any atom is 0.316 e. The lowest BCUT2D eigenvalue weighted by Gasteiger charge is -2.14. The maximum atomic E-state index is 11.8. The Morgan fingerprint density at radius 3 is 2.48 bits per heavy atom. The van der Waals surface area contributed by atoms with Gasteiger partial charge in [0.2, 0.25) is 5.91 Å². The number of amides is 2. The quantitative estimate of drug-likeness (QED) is 0.622. The summed E-state index contributed by atoms with van der Waals surface area (Å²) < 4.78 is 4.91. The number of carbonyl (C=O) groups excluding carboxylic acids is 3. The number of benzene rings is 1. The van der Waals surface area contributed by atoms with Crippen LogP contribution in [0, 0.1) is 6.92 Å². The molecule has 1 aromatic carbocycles. The fourth-order valence-corrected chi connectivity index (χ4v) is 2.71. The van der Waals surface area contributed by atoms with Crippen LogP contribution in [0.5, 0.6) is 0 Å². The summed E-state index contributed by atoms with van der Waals surface area (Å²) in [5.74, 6) is -0.824. The third kappa shape index (κ3) is 9.14. The predicted molar refractivity (Wildman–Crippen MR) is 101 cm³/mol. The second-order valence-corrected chi connectivity index (χ2v) is 6.64. The molecule has 2 N–H and O–H groups in total. The zero-order chi connectivity index (χ0) is 18.7. The molecule has 0 spiro atoms. The van der Waals surface area contributed by atoms with Crippen molar-refractivity contribution in [2.75, 3.05) is 23.4 Å². The predicted octanol–water partition coefficient (Wildman–Crippen LogP) is 2.51. The Morgan fingerprint density at radius 1 is 1.12 bits per heavy atom. The van der Waals surface area contributed by atoms with Crippen LogP contribution >= 0.6 is 11.8 Å². The van der Waals surface area contributed by atoms with Crippen molar-refractivity contribution in [3.05, 3.63) is 29.8 Å². The molecule has 0 aromatic heterocycles. The fraction of sp³-hybridized carbons (Fsp3) is 0.500. The number of carbonyl (C=O) groups is 3. The van der Waals surface area contributed by atoms with E-state index in [1.165, 1.54) is 0 Å². The van der Waals surface area contributed by atoms with Gasteiger partial charge in [0.05, 0.1) is 11.5 Å². The van der Waals surface area contributed by atoms with Crippen molar-refractivity contribution in [2.24, 2.45) is 0 Å². The first-order valence-corrected chi connectivity index (χ1v) is 9.49. The van der Waals surface area contributed by atoms with E-state index >= 15 is 0 Å². The molecule has 0 atom stereocenters. The van der Waals surface area contributed by atoms with Crippen molar-refractivity contribution in [2.45, 2.75) is 39.7 Å². The van der Waals surface area contributed by atoms with Gasteiger partial charge in [0.15, 0.2) is 6.61 Å². The van der Waals surface area contributed by atoms with Gasteiger partial charge in [-0.1, -0.05) is 26.0 Å². The Kier molecular flexibility index (Phi) is 9.69. The fourth-order valence-electron chi connectivity index (χ4n) is 2.10. The van der Waals surface area contributed by atoms with Gasteiger partial charge in [-0.3, -0.25) is 14.4 Å². The molecule has 0 saturated heterocycles. The Morgan fingerprint density at radius 2 is 1.84 bits per heavy atom. The van der Waals surface area contributed by atoms with Gasteiger partial charge in [-0.15, -0.1) is 11.8 Å². The number of thioether (sulfide) groups is 1. The van der Waals surface area contributed by atoms with Gasteiger partial charge in [-0.25, -0.2) is 0 Å². The zero-order valence-corrected chi connectivity index (χ0v) is 15.8. The van der Waals surface area contributed by atoms with Gasteiger partial charge < -0.3 is 15.4 Å². The van der Waals surface area contributed by atoms with Crippen molar-refractivity contribution < 1.29 is 19.1 Å². The molecule has 2 amide bonds. The molecule has 25 heavy (non-hydrogen) atoms.